The molecule has 2 N–H and O–H groups in total. The van der Waals surface area contributed by atoms with Crippen LogP contribution in [0.5, 0.6) is 0 Å². The van der Waals surface area contributed by atoms with E-state index in [2.05, 4.69) is 25.7 Å². The topological polar surface area (TPSA) is 70.4 Å². The summed E-state index contributed by atoms with van der Waals surface area (Å²) in [6.07, 6.45) is -2.11. The van der Waals surface area contributed by atoms with Crippen LogP contribution in [0.2, 0.25) is 0 Å². The van der Waals surface area contributed by atoms with E-state index in [9.17, 15) is 13.2 Å². The van der Waals surface area contributed by atoms with Gasteiger partial charge in [-0.1, -0.05) is 0 Å². The lowest BCUT2D eigenvalue weighted by atomic mass is 10.4. The summed E-state index contributed by atoms with van der Waals surface area (Å²) >= 11 is 0. The van der Waals surface area contributed by atoms with Gasteiger partial charge in [-0.15, -0.1) is 24.0 Å². The van der Waals surface area contributed by atoms with Crippen molar-refractivity contribution in [3.8, 4) is 0 Å². The first-order valence-corrected chi connectivity index (χ1v) is 7.42. The van der Waals surface area contributed by atoms with Crippen molar-refractivity contribution in [2.24, 2.45) is 12.0 Å². The van der Waals surface area contributed by atoms with Crippen LogP contribution in [-0.4, -0.2) is 65.0 Å². The Bertz CT molecular complexity index is 490. The molecule has 0 unspecified atom stereocenters. The largest absolute Gasteiger partial charge is 0.401 e. The highest BCUT2D eigenvalue weighted by Gasteiger charge is 2.28. The molecule has 0 amide bonds. The minimum atomic E-state index is -4.16. The highest BCUT2D eigenvalue weighted by atomic mass is 127. The van der Waals surface area contributed by atoms with E-state index in [0.29, 0.717) is 38.6 Å². The van der Waals surface area contributed by atoms with Crippen LogP contribution in [-0.2, 0) is 13.6 Å². The summed E-state index contributed by atoms with van der Waals surface area (Å²) in [5.74, 6) is 1.33. The maximum Gasteiger partial charge on any atom is 0.401 e. The van der Waals surface area contributed by atoms with E-state index in [0.717, 1.165) is 5.82 Å². The van der Waals surface area contributed by atoms with Gasteiger partial charge >= 0.3 is 6.18 Å². The zero-order valence-electron chi connectivity index (χ0n) is 14.1. The molecule has 0 saturated carbocycles. The van der Waals surface area contributed by atoms with Crippen molar-refractivity contribution >= 4 is 29.9 Å². The van der Waals surface area contributed by atoms with E-state index >= 15 is 0 Å². The number of nitrogens with one attached hydrogen (secondary N) is 2. The molecule has 24 heavy (non-hydrogen) atoms. The average Bonchev–Trinajstić information content (AvgIpc) is 2.84. The van der Waals surface area contributed by atoms with E-state index in [1.54, 1.807) is 11.7 Å². The van der Waals surface area contributed by atoms with Crippen LogP contribution in [0, 0.1) is 0 Å². The molecule has 7 nitrogen and oxygen atoms in total. The molecule has 140 valence electrons. The van der Waals surface area contributed by atoms with Gasteiger partial charge in [0.1, 0.15) is 18.7 Å². The third-order valence-electron chi connectivity index (χ3n) is 2.99. The first-order valence-electron chi connectivity index (χ1n) is 7.42. The van der Waals surface area contributed by atoms with E-state index in [1.807, 2.05) is 6.92 Å². The first kappa shape index (κ1) is 22.9. The third-order valence-corrected chi connectivity index (χ3v) is 2.99. The number of aryl methyl sites for hydroxylation is 1. The second-order valence-electron chi connectivity index (χ2n) is 5.13. The molecular formula is C13H25F3IN7. The number of guanidine groups is 1. The Balaban J connectivity index is 0.00000529. The molecule has 0 aliphatic rings. The van der Waals surface area contributed by atoms with Crippen molar-refractivity contribution < 1.29 is 13.2 Å². The Labute approximate surface area is 157 Å². The standard InChI is InChI=1S/C13H24F3N7.HI/c1-4-17-12(19-8-11-20-10-21-23(11)3)18-6-5-7-22(2)9-13(14,15)16;/h10H,4-9H2,1-3H3,(H2,17,18,19);1H. The van der Waals surface area contributed by atoms with Crippen molar-refractivity contribution in [3.05, 3.63) is 12.2 Å². The first-order chi connectivity index (χ1) is 10.8. The quantitative estimate of drug-likeness (QED) is 0.264. The van der Waals surface area contributed by atoms with Crippen molar-refractivity contribution in [2.75, 3.05) is 33.2 Å². The zero-order valence-corrected chi connectivity index (χ0v) is 16.4. The predicted molar refractivity (Wildman–Crippen MR) is 97.4 cm³/mol. The van der Waals surface area contributed by atoms with Crippen LogP contribution in [0.15, 0.2) is 11.3 Å². The Morgan fingerprint density at radius 2 is 2.08 bits per heavy atom. The smallest absolute Gasteiger partial charge is 0.357 e. The number of alkyl halides is 3. The van der Waals surface area contributed by atoms with Gasteiger partial charge in [0.25, 0.3) is 0 Å². The lowest BCUT2D eigenvalue weighted by Gasteiger charge is -2.18. The molecule has 0 fully saturated rings. The highest BCUT2D eigenvalue weighted by Crippen LogP contribution is 2.15. The third kappa shape index (κ3) is 9.90. The van der Waals surface area contributed by atoms with E-state index < -0.39 is 12.7 Å². The van der Waals surface area contributed by atoms with Gasteiger partial charge in [0.05, 0.1) is 6.54 Å². The van der Waals surface area contributed by atoms with Crippen LogP contribution in [0.4, 0.5) is 13.2 Å². The van der Waals surface area contributed by atoms with E-state index in [4.69, 9.17) is 0 Å². The molecule has 11 heteroatoms. The number of nitrogens with zero attached hydrogens (tertiary/aromatic N) is 5. The molecule has 1 aromatic heterocycles. The maximum atomic E-state index is 12.2. The van der Waals surface area contributed by atoms with Crippen molar-refractivity contribution in [3.63, 3.8) is 0 Å². The van der Waals surface area contributed by atoms with Crippen LogP contribution in [0.25, 0.3) is 0 Å². The second-order valence-corrected chi connectivity index (χ2v) is 5.13. The molecule has 0 aliphatic heterocycles. The molecule has 0 spiro atoms. The van der Waals surface area contributed by atoms with Crippen molar-refractivity contribution in [1.82, 2.24) is 30.3 Å². The minimum Gasteiger partial charge on any atom is -0.357 e. The van der Waals surface area contributed by atoms with Gasteiger partial charge in [-0.05, 0) is 26.9 Å². The summed E-state index contributed by atoms with van der Waals surface area (Å²) in [5.41, 5.74) is 0. The molecule has 0 saturated heterocycles. The second kappa shape index (κ2) is 11.4. The molecule has 0 radical (unpaired) electrons. The fourth-order valence-electron chi connectivity index (χ4n) is 1.90. The number of hydrogen-bond donors (Lipinski definition) is 2. The van der Waals surface area contributed by atoms with Crippen LogP contribution < -0.4 is 10.6 Å². The monoisotopic (exact) mass is 463 g/mol. The Morgan fingerprint density at radius 3 is 2.62 bits per heavy atom. The van der Waals surface area contributed by atoms with Gasteiger partial charge in [0.2, 0.25) is 0 Å². The maximum absolute atomic E-state index is 12.2. The molecule has 1 rings (SSSR count). The Morgan fingerprint density at radius 1 is 1.38 bits per heavy atom. The van der Waals surface area contributed by atoms with Crippen molar-refractivity contribution in [2.45, 2.75) is 26.1 Å². The molecular weight excluding hydrogens is 438 g/mol. The van der Waals surface area contributed by atoms with Crippen LogP contribution in [0.1, 0.15) is 19.2 Å². The molecule has 1 aromatic rings. The summed E-state index contributed by atoms with van der Waals surface area (Å²) < 4.78 is 38.3. The normalized spacial score (nSPS) is 12.2. The molecule has 0 atom stereocenters. The van der Waals surface area contributed by atoms with Crippen LogP contribution >= 0.6 is 24.0 Å². The molecule has 0 aliphatic carbocycles. The summed E-state index contributed by atoms with van der Waals surface area (Å²) in [6, 6.07) is 0. The SMILES string of the molecule is CCNC(=NCc1ncnn1C)NCCCN(C)CC(F)(F)F.I. The average molecular weight is 463 g/mol. The number of rotatable bonds is 8. The molecule has 1 heterocycles. The summed E-state index contributed by atoms with van der Waals surface area (Å²) in [5, 5.41) is 10.1. The molecule has 0 aromatic carbocycles. The Kier molecular flexibility index (Phi) is 10.9. The molecule has 0 bridgehead atoms. The van der Waals surface area contributed by atoms with Gasteiger partial charge in [0.15, 0.2) is 5.96 Å². The van der Waals surface area contributed by atoms with Gasteiger partial charge in [-0.3, -0.25) is 9.58 Å². The fraction of sp³-hybridized carbons (Fsp3) is 0.769. The highest BCUT2D eigenvalue weighted by molar-refractivity contribution is 14.0. The lowest BCUT2D eigenvalue weighted by Crippen LogP contribution is -2.39. The predicted octanol–water partition coefficient (Wildman–Crippen LogP) is 1.37. The lowest BCUT2D eigenvalue weighted by molar-refractivity contribution is -0.143. The number of aliphatic imine (C=N–C) groups is 1. The van der Waals surface area contributed by atoms with E-state index in [-0.39, 0.29) is 24.0 Å². The summed E-state index contributed by atoms with van der Waals surface area (Å²) in [6.45, 7) is 3.00. The minimum absolute atomic E-state index is 0. The Hall–Kier alpha value is -1.11. The van der Waals surface area contributed by atoms with E-state index in [1.165, 1.54) is 18.3 Å². The van der Waals surface area contributed by atoms with Crippen molar-refractivity contribution in [1.29, 1.82) is 0 Å². The van der Waals surface area contributed by atoms with Gasteiger partial charge in [0, 0.05) is 20.1 Å². The summed E-state index contributed by atoms with van der Waals surface area (Å²) in [7, 11) is 3.25. The summed E-state index contributed by atoms with van der Waals surface area (Å²) in [4.78, 5) is 9.70. The van der Waals surface area contributed by atoms with Gasteiger partial charge in [-0.2, -0.15) is 18.3 Å². The fourth-order valence-corrected chi connectivity index (χ4v) is 1.90. The zero-order chi connectivity index (χ0) is 17.3. The number of aromatic nitrogens is 3. The number of hydrogen-bond acceptors (Lipinski definition) is 4. The van der Waals surface area contributed by atoms with Gasteiger partial charge in [-0.25, -0.2) is 9.98 Å². The number of halogens is 4. The van der Waals surface area contributed by atoms with Crippen LogP contribution in [0.3, 0.4) is 0 Å². The van der Waals surface area contributed by atoms with Gasteiger partial charge < -0.3 is 10.6 Å².